The minimum absolute atomic E-state index is 0.187. The smallest absolute Gasteiger partial charge is 0.269 e. The number of nitrogens with zero attached hydrogens (tertiary/aromatic N) is 3. The van der Waals surface area contributed by atoms with E-state index in [4.69, 9.17) is 0 Å². The number of carbonyl (C=O) groups excluding carboxylic acids is 1. The normalized spacial score (nSPS) is 10.8. The van der Waals surface area contributed by atoms with E-state index in [-0.39, 0.29) is 5.91 Å². The number of aromatic amines is 1. The van der Waals surface area contributed by atoms with Crippen LogP contribution in [0.3, 0.4) is 0 Å². The van der Waals surface area contributed by atoms with Gasteiger partial charge in [0.15, 0.2) is 0 Å². The zero-order chi connectivity index (χ0) is 19.3. The molecule has 2 aromatic heterocycles. The average Bonchev–Trinajstić information content (AvgIpc) is 3.40. The van der Waals surface area contributed by atoms with Crippen LogP contribution < -0.4 is 5.32 Å². The number of carbonyl (C=O) groups is 1. The molecule has 2 N–H and O–H groups in total. The van der Waals surface area contributed by atoms with Crippen LogP contribution in [0, 0.1) is 0 Å². The van der Waals surface area contributed by atoms with Gasteiger partial charge < -0.3 is 9.88 Å². The fourth-order valence-electron chi connectivity index (χ4n) is 2.94. The summed E-state index contributed by atoms with van der Waals surface area (Å²) in [6.07, 6.45) is 5.46. The highest BCUT2D eigenvalue weighted by atomic mass is 79.9. The first-order valence-electron chi connectivity index (χ1n) is 8.81. The molecule has 2 heterocycles. The first-order chi connectivity index (χ1) is 13.7. The molecule has 0 aliphatic carbocycles. The fraction of sp³-hybridized carbons (Fsp3) is 0.0952. The Morgan fingerprint density at radius 3 is 2.64 bits per heavy atom. The molecule has 0 aliphatic heterocycles. The number of H-pyrrole nitrogens is 1. The molecule has 7 heteroatoms. The molecule has 0 unspecified atom stereocenters. The Morgan fingerprint density at radius 1 is 1.11 bits per heavy atom. The Balaban J connectivity index is 1.43. The molecule has 2 aromatic carbocycles. The summed E-state index contributed by atoms with van der Waals surface area (Å²) in [6.45, 7) is 1.15. The van der Waals surface area contributed by atoms with Gasteiger partial charge in [-0.3, -0.25) is 9.89 Å². The minimum atomic E-state index is -0.187. The molecular weight excluding hydrogens is 418 g/mol. The van der Waals surface area contributed by atoms with Crippen LogP contribution in [-0.4, -0.2) is 25.7 Å². The summed E-state index contributed by atoms with van der Waals surface area (Å²) in [6, 6.07) is 17.6. The lowest BCUT2D eigenvalue weighted by atomic mass is 10.1. The molecule has 0 aliphatic rings. The highest BCUT2D eigenvalue weighted by molar-refractivity contribution is 9.10. The number of amides is 1. The molecule has 28 heavy (non-hydrogen) atoms. The maximum atomic E-state index is 12.5. The van der Waals surface area contributed by atoms with E-state index in [0.29, 0.717) is 18.8 Å². The van der Waals surface area contributed by atoms with Crippen LogP contribution >= 0.6 is 15.9 Å². The molecule has 0 spiro atoms. The van der Waals surface area contributed by atoms with Crippen molar-refractivity contribution in [2.24, 2.45) is 0 Å². The van der Waals surface area contributed by atoms with Gasteiger partial charge in [-0.1, -0.05) is 52.3 Å². The number of benzene rings is 2. The van der Waals surface area contributed by atoms with Gasteiger partial charge >= 0.3 is 0 Å². The van der Waals surface area contributed by atoms with E-state index in [9.17, 15) is 4.79 Å². The third-order valence-electron chi connectivity index (χ3n) is 4.43. The van der Waals surface area contributed by atoms with Gasteiger partial charge in [0.2, 0.25) is 0 Å². The van der Waals surface area contributed by atoms with Crippen molar-refractivity contribution in [1.29, 1.82) is 0 Å². The van der Waals surface area contributed by atoms with Crippen molar-refractivity contribution in [3.05, 3.63) is 94.6 Å². The third-order valence-corrected chi connectivity index (χ3v) is 4.96. The first kappa shape index (κ1) is 18.2. The van der Waals surface area contributed by atoms with Gasteiger partial charge in [-0.05, 0) is 29.3 Å². The molecule has 4 rings (SSSR count). The molecule has 1 amide bonds. The summed E-state index contributed by atoms with van der Waals surface area (Å²) in [4.78, 5) is 16.6. The topological polar surface area (TPSA) is 75.6 Å². The van der Waals surface area contributed by atoms with E-state index in [1.165, 1.54) is 0 Å². The highest BCUT2D eigenvalue weighted by Gasteiger charge is 2.12. The van der Waals surface area contributed by atoms with Crippen LogP contribution in [0.4, 0.5) is 0 Å². The number of aromatic nitrogens is 4. The van der Waals surface area contributed by atoms with E-state index in [2.05, 4.69) is 42.5 Å². The van der Waals surface area contributed by atoms with Gasteiger partial charge in [0.1, 0.15) is 5.69 Å². The zero-order valence-corrected chi connectivity index (χ0v) is 16.6. The van der Waals surface area contributed by atoms with Gasteiger partial charge in [-0.25, -0.2) is 4.98 Å². The molecule has 0 fully saturated rings. The SMILES string of the molecule is O=C(NCc1ccccc1Cn1ccnc1)c1cc(-c2ccc(Br)cc2)n[nH]1. The number of hydrogen-bond acceptors (Lipinski definition) is 3. The van der Waals surface area contributed by atoms with Crippen LogP contribution in [0.25, 0.3) is 11.3 Å². The van der Waals surface area contributed by atoms with Crippen LogP contribution in [0.5, 0.6) is 0 Å². The highest BCUT2D eigenvalue weighted by Crippen LogP contribution is 2.20. The van der Waals surface area contributed by atoms with Gasteiger partial charge in [0.05, 0.1) is 12.0 Å². The lowest BCUT2D eigenvalue weighted by Crippen LogP contribution is -2.24. The van der Waals surface area contributed by atoms with Crippen molar-refractivity contribution in [1.82, 2.24) is 25.1 Å². The molecule has 140 valence electrons. The lowest BCUT2D eigenvalue weighted by molar-refractivity contribution is 0.0946. The van der Waals surface area contributed by atoms with Crippen LogP contribution in [0.2, 0.25) is 0 Å². The molecule has 4 aromatic rings. The maximum Gasteiger partial charge on any atom is 0.269 e. The first-order valence-corrected chi connectivity index (χ1v) is 9.60. The fourth-order valence-corrected chi connectivity index (χ4v) is 3.20. The van der Waals surface area contributed by atoms with E-state index >= 15 is 0 Å². The van der Waals surface area contributed by atoms with E-state index in [1.54, 1.807) is 18.6 Å². The van der Waals surface area contributed by atoms with E-state index < -0.39 is 0 Å². The maximum absolute atomic E-state index is 12.5. The summed E-state index contributed by atoms with van der Waals surface area (Å²) in [7, 11) is 0. The molecule has 0 saturated carbocycles. The Hall–Kier alpha value is -3.19. The van der Waals surface area contributed by atoms with Crippen molar-refractivity contribution >= 4 is 21.8 Å². The lowest BCUT2D eigenvalue weighted by Gasteiger charge is -2.11. The Morgan fingerprint density at radius 2 is 1.89 bits per heavy atom. The molecular formula is C21H18BrN5O. The van der Waals surface area contributed by atoms with Gasteiger partial charge in [0, 0.05) is 35.5 Å². The van der Waals surface area contributed by atoms with Crippen molar-refractivity contribution in [2.75, 3.05) is 0 Å². The standard InChI is InChI=1S/C21H18BrN5O/c22-18-7-5-15(6-8-18)19-11-20(26-25-19)21(28)24-12-16-3-1-2-4-17(16)13-27-10-9-23-14-27/h1-11,14H,12-13H2,(H,24,28)(H,25,26). The van der Waals surface area contributed by atoms with Crippen LogP contribution in [0.15, 0.2) is 77.8 Å². The Bertz CT molecular complexity index is 1070. The van der Waals surface area contributed by atoms with E-state index in [0.717, 1.165) is 26.9 Å². The van der Waals surface area contributed by atoms with Gasteiger partial charge in [-0.15, -0.1) is 0 Å². The molecule has 6 nitrogen and oxygen atoms in total. The minimum Gasteiger partial charge on any atom is -0.347 e. The van der Waals surface area contributed by atoms with Crippen molar-refractivity contribution < 1.29 is 4.79 Å². The zero-order valence-electron chi connectivity index (χ0n) is 15.0. The summed E-state index contributed by atoms with van der Waals surface area (Å²) in [5, 5.41) is 10.0. The summed E-state index contributed by atoms with van der Waals surface area (Å²) < 4.78 is 3.00. The average molecular weight is 436 g/mol. The second-order valence-electron chi connectivity index (χ2n) is 6.36. The Labute approximate surface area is 170 Å². The third kappa shape index (κ3) is 4.20. The quantitative estimate of drug-likeness (QED) is 0.480. The Kier molecular flexibility index (Phi) is 5.34. The van der Waals surface area contributed by atoms with Crippen LogP contribution in [-0.2, 0) is 13.1 Å². The van der Waals surface area contributed by atoms with Crippen molar-refractivity contribution in [2.45, 2.75) is 13.1 Å². The van der Waals surface area contributed by atoms with Crippen LogP contribution in [0.1, 0.15) is 21.6 Å². The summed E-state index contributed by atoms with van der Waals surface area (Å²) in [5.41, 5.74) is 4.32. The van der Waals surface area contributed by atoms with E-state index in [1.807, 2.05) is 53.2 Å². The summed E-state index contributed by atoms with van der Waals surface area (Å²) >= 11 is 3.42. The summed E-state index contributed by atoms with van der Waals surface area (Å²) in [5.74, 6) is -0.187. The largest absolute Gasteiger partial charge is 0.347 e. The second-order valence-corrected chi connectivity index (χ2v) is 7.28. The van der Waals surface area contributed by atoms with Gasteiger partial charge in [0.25, 0.3) is 5.91 Å². The number of halogens is 1. The van der Waals surface area contributed by atoms with Crippen molar-refractivity contribution in [3.63, 3.8) is 0 Å². The van der Waals surface area contributed by atoms with Crippen molar-refractivity contribution in [3.8, 4) is 11.3 Å². The number of imidazole rings is 1. The number of rotatable bonds is 6. The predicted molar refractivity (Wildman–Crippen MR) is 111 cm³/mol. The monoisotopic (exact) mass is 435 g/mol. The molecule has 0 saturated heterocycles. The number of nitrogens with one attached hydrogen (secondary N) is 2. The number of hydrogen-bond donors (Lipinski definition) is 2. The second kappa shape index (κ2) is 8.22. The molecule has 0 radical (unpaired) electrons. The predicted octanol–water partition coefficient (Wildman–Crippen LogP) is 4.01. The van der Waals surface area contributed by atoms with Gasteiger partial charge in [-0.2, -0.15) is 5.10 Å². The molecule has 0 bridgehead atoms. The molecule has 0 atom stereocenters.